The first-order chi connectivity index (χ1) is 9.60. The largest absolute Gasteiger partial charge is 0.325 e. The van der Waals surface area contributed by atoms with Crippen LogP contribution in [0.2, 0.25) is 0 Å². The lowest BCUT2D eigenvalue weighted by Gasteiger charge is -2.06. The Morgan fingerprint density at radius 1 is 1.50 bits per heavy atom. The van der Waals surface area contributed by atoms with Gasteiger partial charge in [-0.2, -0.15) is 0 Å². The molecule has 0 spiro atoms. The fourth-order valence-corrected chi connectivity index (χ4v) is 2.24. The molecule has 0 saturated carbocycles. The highest BCUT2D eigenvalue weighted by molar-refractivity contribution is 7.99. The lowest BCUT2D eigenvalue weighted by Crippen LogP contribution is -2.15. The van der Waals surface area contributed by atoms with Crippen molar-refractivity contribution in [2.75, 3.05) is 11.1 Å². The predicted octanol–water partition coefficient (Wildman–Crippen LogP) is 1.87. The van der Waals surface area contributed by atoms with Gasteiger partial charge in [-0.05, 0) is 42.0 Å². The van der Waals surface area contributed by atoms with E-state index in [0.717, 1.165) is 0 Å². The number of halogens is 1. The molecule has 2 rings (SSSR count). The summed E-state index contributed by atoms with van der Waals surface area (Å²) in [4.78, 5) is 11.8. The van der Waals surface area contributed by atoms with Gasteiger partial charge < -0.3 is 5.32 Å². The van der Waals surface area contributed by atoms with Gasteiger partial charge in [0.1, 0.15) is 5.82 Å². The number of benzene rings is 1. The number of anilines is 1. The molecule has 0 bridgehead atoms. The summed E-state index contributed by atoms with van der Waals surface area (Å²) in [6.07, 6.45) is 0. The average Bonchev–Trinajstić information content (AvgIpc) is 2.88. The second-order valence-corrected chi connectivity index (χ2v) is 5.02. The summed E-state index contributed by atoms with van der Waals surface area (Å²) in [5.74, 6) is -0.412. The lowest BCUT2D eigenvalue weighted by atomic mass is 10.2. The molecule has 0 fully saturated rings. The summed E-state index contributed by atoms with van der Waals surface area (Å²) in [7, 11) is 0. The van der Waals surface area contributed by atoms with Gasteiger partial charge in [0.25, 0.3) is 0 Å². The summed E-state index contributed by atoms with van der Waals surface area (Å²) in [5, 5.41) is 14.3. The van der Waals surface area contributed by atoms with E-state index in [-0.39, 0.29) is 17.5 Å². The third kappa shape index (κ3) is 3.53. The number of hydrogen-bond acceptors (Lipinski definition) is 5. The number of tetrazole rings is 1. The molecule has 8 heteroatoms. The molecule has 0 aliphatic rings. The highest BCUT2D eigenvalue weighted by Crippen LogP contribution is 2.16. The molecule has 0 aliphatic heterocycles. The number of aromatic nitrogens is 4. The van der Waals surface area contributed by atoms with Crippen LogP contribution in [-0.4, -0.2) is 31.9 Å². The molecule has 20 heavy (non-hydrogen) atoms. The zero-order chi connectivity index (χ0) is 14.5. The van der Waals surface area contributed by atoms with Gasteiger partial charge in [-0.25, -0.2) is 9.07 Å². The van der Waals surface area contributed by atoms with Crippen LogP contribution in [0.1, 0.15) is 12.5 Å². The minimum atomic E-state index is -0.342. The van der Waals surface area contributed by atoms with Crippen molar-refractivity contribution in [3.63, 3.8) is 0 Å². The van der Waals surface area contributed by atoms with Crippen molar-refractivity contribution in [3.8, 4) is 0 Å². The van der Waals surface area contributed by atoms with Gasteiger partial charge in [0.15, 0.2) is 0 Å². The minimum Gasteiger partial charge on any atom is -0.325 e. The molecular weight excluding hydrogens is 281 g/mol. The van der Waals surface area contributed by atoms with Crippen molar-refractivity contribution in [3.05, 3.63) is 29.6 Å². The van der Waals surface area contributed by atoms with Crippen molar-refractivity contribution >= 4 is 23.4 Å². The van der Waals surface area contributed by atoms with E-state index in [1.807, 2.05) is 6.92 Å². The smallest absolute Gasteiger partial charge is 0.234 e. The average molecular weight is 295 g/mol. The van der Waals surface area contributed by atoms with Crippen molar-refractivity contribution in [2.24, 2.45) is 0 Å². The van der Waals surface area contributed by atoms with Crippen LogP contribution in [0.5, 0.6) is 0 Å². The van der Waals surface area contributed by atoms with Crippen molar-refractivity contribution in [1.82, 2.24) is 20.2 Å². The van der Waals surface area contributed by atoms with Gasteiger partial charge >= 0.3 is 0 Å². The van der Waals surface area contributed by atoms with Crippen LogP contribution in [0.25, 0.3) is 0 Å². The maximum atomic E-state index is 13.4. The van der Waals surface area contributed by atoms with Crippen LogP contribution in [0.3, 0.4) is 0 Å². The molecule has 1 aromatic carbocycles. The fraction of sp³-hybridized carbons (Fsp3) is 0.333. The number of thioether (sulfide) groups is 1. The van der Waals surface area contributed by atoms with Crippen LogP contribution < -0.4 is 5.32 Å². The van der Waals surface area contributed by atoms with E-state index in [2.05, 4.69) is 20.8 Å². The zero-order valence-corrected chi connectivity index (χ0v) is 11.9. The van der Waals surface area contributed by atoms with Gasteiger partial charge in [-0.1, -0.05) is 17.8 Å². The maximum Gasteiger partial charge on any atom is 0.234 e. The van der Waals surface area contributed by atoms with Crippen LogP contribution in [-0.2, 0) is 11.3 Å². The summed E-state index contributed by atoms with van der Waals surface area (Å²) >= 11 is 1.23. The highest BCUT2D eigenvalue weighted by atomic mass is 32.2. The highest BCUT2D eigenvalue weighted by Gasteiger charge is 2.09. The minimum absolute atomic E-state index is 0.163. The van der Waals surface area contributed by atoms with Crippen molar-refractivity contribution in [1.29, 1.82) is 0 Å². The molecule has 1 aromatic heterocycles. The first-order valence-electron chi connectivity index (χ1n) is 6.05. The standard InChI is InChI=1S/C12H14FN5OS/c1-3-18-12(15-16-17-18)20-7-11(19)14-9-5-4-8(2)10(13)6-9/h4-6H,3,7H2,1-2H3,(H,14,19). The SMILES string of the molecule is CCn1nnnc1SCC(=O)Nc1ccc(C)c(F)c1. The Hall–Kier alpha value is -1.96. The summed E-state index contributed by atoms with van der Waals surface area (Å²) in [6, 6.07) is 4.58. The third-order valence-electron chi connectivity index (χ3n) is 2.59. The van der Waals surface area contributed by atoms with Gasteiger partial charge in [-0.3, -0.25) is 4.79 Å². The molecule has 6 nitrogen and oxygen atoms in total. The van der Waals surface area contributed by atoms with E-state index in [4.69, 9.17) is 0 Å². The van der Waals surface area contributed by atoms with E-state index in [0.29, 0.717) is 23.0 Å². The van der Waals surface area contributed by atoms with Crippen LogP contribution in [0.4, 0.5) is 10.1 Å². The first kappa shape index (κ1) is 14.4. The summed E-state index contributed by atoms with van der Waals surface area (Å²) in [6.45, 7) is 4.22. The Kier molecular flexibility index (Phi) is 4.67. The van der Waals surface area contributed by atoms with Gasteiger partial charge in [0.05, 0.1) is 5.75 Å². The van der Waals surface area contributed by atoms with Crippen molar-refractivity contribution in [2.45, 2.75) is 25.5 Å². The molecule has 0 radical (unpaired) electrons. The van der Waals surface area contributed by atoms with E-state index >= 15 is 0 Å². The van der Waals surface area contributed by atoms with Crippen LogP contribution in [0.15, 0.2) is 23.4 Å². The topological polar surface area (TPSA) is 72.7 Å². The molecule has 0 aliphatic carbocycles. The quantitative estimate of drug-likeness (QED) is 0.853. The number of carbonyl (C=O) groups is 1. The molecule has 2 aromatic rings. The number of carbonyl (C=O) groups excluding carboxylic acids is 1. The van der Waals surface area contributed by atoms with E-state index < -0.39 is 0 Å². The zero-order valence-electron chi connectivity index (χ0n) is 11.1. The Morgan fingerprint density at radius 2 is 2.30 bits per heavy atom. The Balaban J connectivity index is 1.91. The number of nitrogens with zero attached hydrogens (tertiary/aromatic N) is 4. The van der Waals surface area contributed by atoms with Gasteiger partial charge in [0, 0.05) is 12.2 Å². The van der Waals surface area contributed by atoms with E-state index in [1.54, 1.807) is 23.7 Å². The molecule has 1 heterocycles. The summed E-state index contributed by atoms with van der Waals surface area (Å²) in [5.41, 5.74) is 0.980. The third-order valence-corrected chi connectivity index (χ3v) is 3.54. The number of nitrogens with one attached hydrogen (secondary N) is 1. The number of aryl methyl sites for hydroxylation is 2. The van der Waals surface area contributed by atoms with E-state index in [9.17, 15) is 9.18 Å². The molecule has 0 unspecified atom stereocenters. The van der Waals surface area contributed by atoms with E-state index in [1.165, 1.54) is 17.8 Å². The van der Waals surface area contributed by atoms with Gasteiger partial charge in [-0.15, -0.1) is 5.10 Å². The molecule has 106 valence electrons. The Bertz CT molecular complexity index is 616. The summed E-state index contributed by atoms with van der Waals surface area (Å²) < 4.78 is 15.0. The lowest BCUT2D eigenvalue weighted by molar-refractivity contribution is -0.113. The second kappa shape index (κ2) is 6.47. The molecule has 1 amide bonds. The molecule has 1 N–H and O–H groups in total. The Labute approximate surface area is 119 Å². The first-order valence-corrected chi connectivity index (χ1v) is 7.03. The molecule has 0 atom stereocenters. The van der Waals surface area contributed by atoms with Crippen LogP contribution in [0, 0.1) is 12.7 Å². The fourth-order valence-electron chi connectivity index (χ4n) is 1.50. The molecular formula is C12H14FN5OS. The monoisotopic (exact) mass is 295 g/mol. The van der Waals surface area contributed by atoms with Crippen LogP contribution >= 0.6 is 11.8 Å². The Morgan fingerprint density at radius 3 is 3.00 bits per heavy atom. The number of rotatable bonds is 5. The number of hydrogen-bond donors (Lipinski definition) is 1. The predicted molar refractivity (Wildman–Crippen MR) is 74.0 cm³/mol. The van der Waals surface area contributed by atoms with Gasteiger partial charge in [0.2, 0.25) is 11.1 Å². The second-order valence-electron chi connectivity index (χ2n) is 4.08. The molecule has 0 saturated heterocycles. The normalized spacial score (nSPS) is 10.6. The maximum absolute atomic E-state index is 13.4. The number of amides is 1. The van der Waals surface area contributed by atoms with Crippen molar-refractivity contribution < 1.29 is 9.18 Å².